The van der Waals surface area contributed by atoms with Crippen LogP contribution in [0.1, 0.15) is 0 Å². The van der Waals surface area contributed by atoms with Crippen LogP contribution in [-0.2, 0) is 10.0 Å². The third-order valence-electron chi connectivity index (χ3n) is 1.83. The highest BCUT2D eigenvalue weighted by Gasteiger charge is 2.21. The van der Waals surface area contributed by atoms with E-state index in [-0.39, 0.29) is 20.2 Å². The van der Waals surface area contributed by atoms with E-state index in [1.54, 1.807) is 0 Å². The first-order chi connectivity index (χ1) is 8.38. The van der Waals surface area contributed by atoms with E-state index in [2.05, 4.69) is 10.2 Å². The molecule has 6 nitrogen and oxygen atoms in total. The van der Waals surface area contributed by atoms with Gasteiger partial charge in [0.15, 0.2) is 0 Å². The molecule has 0 saturated heterocycles. The van der Waals surface area contributed by atoms with Crippen molar-refractivity contribution >= 4 is 43.8 Å². The van der Waals surface area contributed by atoms with Gasteiger partial charge in [0.1, 0.15) is 5.82 Å². The molecule has 1 aromatic carbocycles. The van der Waals surface area contributed by atoms with Gasteiger partial charge in [0.05, 0.1) is 5.69 Å². The molecule has 0 saturated carbocycles. The first kappa shape index (κ1) is 13.0. The standard InChI is InChI=1S/C8H6ClFN4O2S2/c9-4-1-2-6(5(10)3-4)14-18(15,16)8-13-12-7(11)17-8/h1-3,14H,(H2,11,12). The van der Waals surface area contributed by atoms with Crippen molar-refractivity contribution in [3.05, 3.63) is 29.0 Å². The maximum atomic E-state index is 13.4. The first-order valence-corrected chi connectivity index (χ1v) is 7.13. The van der Waals surface area contributed by atoms with Crippen LogP contribution < -0.4 is 10.5 Å². The monoisotopic (exact) mass is 308 g/mol. The van der Waals surface area contributed by atoms with E-state index in [1.165, 1.54) is 12.1 Å². The minimum atomic E-state index is -4.00. The summed E-state index contributed by atoms with van der Waals surface area (Å²) < 4.78 is 38.7. The van der Waals surface area contributed by atoms with E-state index in [9.17, 15) is 12.8 Å². The molecule has 1 heterocycles. The lowest BCUT2D eigenvalue weighted by atomic mass is 10.3. The number of hydrogen-bond acceptors (Lipinski definition) is 6. The number of nitrogens with zero attached hydrogens (tertiary/aromatic N) is 2. The molecular formula is C8H6ClFN4O2S2. The molecule has 0 atom stereocenters. The van der Waals surface area contributed by atoms with E-state index in [1.807, 2.05) is 4.72 Å². The molecule has 2 aromatic rings. The first-order valence-electron chi connectivity index (χ1n) is 4.45. The Morgan fingerprint density at radius 2 is 2.11 bits per heavy atom. The number of benzene rings is 1. The summed E-state index contributed by atoms with van der Waals surface area (Å²) >= 11 is 6.23. The highest BCUT2D eigenvalue weighted by atomic mass is 35.5. The number of rotatable bonds is 3. The molecule has 96 valence electrons. The molecule has 0 aliphatic carbocycles. The fourth-order valence-corrected chi connectivity index (χ4v) is 3.10. The molecule has 0 radical (unpaired) electrons. The molecular weight excluding hydrogens is 303 g/mol. The highest BCUT2D eigenvalue weighted by molar-refractivity contribution is 7.94. The van der Waals surface area contributed by atoms with E-state index in [0.29, 0.717) is 11.3 Å². The summed E-state index contributed by atoms with van der Waals surface area (Å²) in [6.45, 7) is 0. The molecule has 0 amide bonds. The van der Waals surface area contributed by atoms with E-state index in [0.717, 1.165) is 6.07 Å². The van der Waals surface area contributed by atoms with Gasteiger partial charge in [0.25, 0.3) is 14.4 Å². The van der Waals surface area contributed by atoms with Crippen LogP contribution in [0.4, 0.5) is 15.2 Å². The van der Waals surface area contributed by atoms with Gasteiger partial charge in [0.2, 0.25) is 5.13 Å². The molecule has 2 rings (SSSR count). The minimum Gasteiger partial charge on any atom is -0.374 e. The van der Waals surface area contributed by atoms with E-state index >= 15 is 0 Å². The summed E-state index contributed by atoms with van der Waals surface area (Å²) in [5.74, 6) is -0.788. The lowest BCUT2D eigenvalue weighted by Crippen LogP contribution is -2.13. The van der Waals surface area contributed by atoms with E-state index in [4.69, 9.17) is 17.3 Å². The summed E-state index contributed by atoms with van der Waals surface area (Å²) in [6.07, 6.45) is 0. The fraction of sp³-hybridized carbons (Fsp3) is 0. The zero-order valence-electron chi connectivity index (χ0n) is 8.59. The van der Waals surface area contributed by atoms with Gasteiger partial charge in [-0.15, -0.1) is 10.2 Å². The van der Waals surface area contributed by atoms with Crippen molar-refractivity contribution in [2.24, 2.45) is 0 Å². The molecule has 0 fully saturated rings. The zero-order valence-corrected chi connectivity index (χ0v) is 11.0. The van der Waals surface area contributed by atoms with Gasteiger partial charge in [-0.25, -0.2) is 4.39 Å². The third kappa shape index (κ3) is 2.68. The Bertz CT molecular complexity index is 688. The van der Waals surface area contributed by atoms with Crippen LogP contribution in [0.2, 0.25) is 5.02 Å². The Kier molecular flexibility index (Phi) is 3.37. The predicted octanol–water partition coefficient (Wildman–Crippen LogP) is 1.71. The van der Waals surface area contributed by atoms with Crippen LogP contribution in [0.15, 0.2) is 22.5 Å². The number of anilines is 2. The van der Waals surface area contributed by atoms with Gasteiger partial charge < -0.3 is 5.73 Å². The van der Waals surface area contributed by atoms with Crippen molar-refractivity contribution in [2.45, 2.75) is 4.34 Å². The second-order valence-electron chi connectivity index (χ2n) is 3.14. The van der Waals surface area contributed by atoms with Crippen LogP contribution in [0.3, 0.4) is 0 Å². The van der Waals surface area contributed by atoms with Crippen molar-refractivity contribution in [3.8, 4) is 0 Å². The lowest BCUT2D eigenvalue weighted by Gasteiger charge is -2.06. The minimum absolute atomic E-state index is 0.00644. The summed E-state index contributed by atoms with van der Waals surface area (Å²) in [7, 11) is -4.00. The average molecular weight is 309 g/mol. The molecule has 0 aliphatic heterocycles. The largest absolute Gasteiger partial charge is 0.374 e. The van der Waals surface area contributed by atoms with Crippen molar-refractivity contribution in [1.82, 2.24) is 10.2 Å². The molecule has 0 aliphatic rings. The molecule has 3 N–H and O–H groups in total. The molecule has 0 spiro atoms. The van der Waals surface area contributed by atoms with Gasteiger partial charge in [0, 0.05) is 5.02 Å². The van der Waals surface area contributed by atoms with Gasteiger partial charge in [-0.1, -0.05) is 22.9 Å². The van der Waals surface area contributed by atoms with Gasteiger partial charge in [-0.05, 0) is 18.2 Å². The number of aromatic nitrogens is 2. The lowest BCUT2D eigenvalue weighted by molar-refractivity contribution is 0.596. The Labute approximate surface area is 111 Å². The zero-order chi connectivity index (χ0) is 13.3. The van der Waals surface area contributed by atoms with Crippen LogP contribution in [0.5, 0.6) is 0 Å². The summed E-state index contributed by atoms with van der Waals surface area (Å²) in [6, 6.07) is 3.56. The van der Waals surface area contributed by atoms with Gasteiger partial charge in [-0.3, -0.25) is 4.72 Å². The van der Waals surface area contributed by atoms with Gasteiger partial charge >= 0.3 is 0 Å². The maximum absolute atomic E-state index is 13.4. The number of nitrogens with one attached hydrogen (secondary N) is 1. The Hall–Kier alpha value is -1.45. The van der Waals surface area contributed by atoms with Crippen LogP contribution in [-0.4, -0.2) is 18.6 Å². The Balaban J connectivity index is 2.33. The summed E-state index contributed by atoms with van der Waals surface area (Å²) in [5.41, 5.74) is 5.05. The molecule has 0 bridgehead atoms. The number of halogens is 2. The Morgan fingerprint density at radius 1 is 1.39 bits per heavy atom. The number of sulfonamides is 1. The summed E-state index contributed by atoms with van der Waals surface area (Å²) in [4.78, 5) is 0. The average Bonchev–Trinajstić information content (AvgIpc) is 2.70. The van der Waals surface area contributed by atoms with Crippen molar-refractivity contribution in [2.75, 3.05) is 10.5 Å². The quantitative estimate of drug-likeness (QED) is 0.899. The topological polar surface area (TPSA) is 98.0 Å². The predicted molar refractivity (Wildman–Crippen MR) is 66.5 cm³/mol. The number of nitrogen functional groups attached to an aromatic ring is 1. The Morgan fingerprint density at radius 3 is 2.67 bits per heavy atom. The second kappa shape index (κ2) is 4.67. The van der Waals surface area contributed by atoms with Crippen LogP contribution >= 0.6 is 22.9 Å². The van der Waals surface area contributed by atoms with Crippen LogP contribution in [0.25, 0.3) is 0 Å². The maximum Gasteiger partial charge on any atom is 0.291 e. The van der Waals surface area contributed by atoms with E-state index < -0.39 is 15.8 Å². The third-order valence-corrected chi connectivity index (χ3v) is 4.55. The van der Waals surface area contributed by atoms with Crippen molar-refractivity contribution in [3.63, 3.8) is 0 Å². The number of hydrogen-bond donors (Lipinski definition) is 2. The van der Waals surface area contributed by atoms with Crippen molar-refractivity contribution < 1.29 is 12.8 Å². The second-order valence-corrected chi connectivity index (χ2v) is 6.44. The highest BCUT2D eigenvalue weighted by Crippen LogP contribution is 2.24. The molecule has 0 unspecified atom stereocenters. The van der Waals surface area contributed by atoms with Crippen molar-refractivity contribution in [1.29, 1.82) is 0 Å². The summed E-state index contributed by atoms with van der Waals surface area (Å²) in [5, 5.41) is 6.92. The van der Waals surface area contributed by atoms with Gasteiger partial charge in [-0.2, -0.15) is 8.42 Å². The van der Waals surface area contributed by atoms with Crippen LogP contribution in [0, 0.1) is 5.82 Å². The molecule has 18 heavy (non-hydrogen) atoms. The number of nitrogens with two attached hydrogens (primary N) is 1. The molecule has 1 aromatic heterocycles. The normalized spacial score (nSPS) is 11.4. The SMILES string of the molecule is Nc1nnc(S(=O)(=O)Nc2ccc(Cl)cc2F)s1. The molecule has 10 heteroatoms. The smallest absolute Gasteiger partial charge is 0.291 e. The fourth-order valence-electron chi connectivity index (χ4n) is 1.09.